The van der Waals surface area contributed by atoms with Crippen LogP contribution in [0.2, 0.25) is 0 Å². The number of aromatic nitrogens is 3. The number of hydrogen-bond donors (Lipinski definition) is 2. The highest BCUT2D eigenvalue weighted by Crippen LogP contribution is 2.16. The molecule has 0 bridgehead atoms. The maximum atomic E-state index is 12.3. The monoisotopic (exact) mass is 309 g/mol. The number of amides is 2. The molecule has 1 aliphatic rings. The van der Waals surface area contributed by atoms with E-state index in [9.17, 15) is 9.59 Å². The predicted octanol–water partition coefficient (Wildman–Crippen LogP) is 1.04. The Balaban J connectivity index is 1.97. The average molecular weight is 309 g/mol. The standard InChI is InChI=1S/C14H23N5O3/c1-9(2)8-22-10(3)13(20)15-12-11(16-18-17-12)14(21)19-6-4-5-7-19/h9-10H,4-8H2,1-3H3,(H2,15,16,17,18,20). The second kappa shape index (κ2) is 7.35. The molecule has 1 aliphatic heterocycles. The van der Waals surface area contributed by atoms with E-state index < -0.39 is 6.10 Å². The van der Waals surface area contributed by atoms with Gasteiger partial charge in [0.25, 0.3) is 11.8 Å². The zero-order valence-electron chi connectivity index (χ0n) is 13.3. The van der Waals surface area contributed by atoms with Gasteiger partial charge in [-0.3, -0.25) is 9.59 Å². The first-order valence-corrected chi connectivity index (χ1v) is 7.61. The molecule has 22 heavy (non-hydrogen) atoms. The summed E-state index contributed by atoms with van der Waals surface area (Å²) in [6.07, 6.45) is 1.37. The minimum Gasteiger partial charge on any atom is -0.368 e. The molecule has 0 saturated carbocycles. The van der Waals surface area contributed by atoms with Crippen LogP contribution in [0.5, 0.6) is 0 Å². The highest BCUT2D eigenvalue weighted by Gasteiger charge is 2.26. The average Bonchev–Trinajstić information content (AvgIpc) is 3.15. The van der Waals surface area contributed by atoms with Crippen molar-refractivity contribution in [2.75, 3.05) is 25.0 Å². The fourth-order valence-electron chi connectivity index (χ4n) is 2.17. The van der Waals surface area contributed by atoms with Gasteiger partial charge < -0.3 is 15.0 Å². The summed E-state index contributed by atoms with van der Waals surface area (Å²) in [5.41, 5.74) is 0.145. The second-order valence-corrected chi connectivity index (χ2v) is 5.88. The SMILES string of the molecule is CC(C)COC(C)C(=O)Nc1n[nH]nc1C(=O)N1CCCC1. The van der Waals surface area contributed by atoms with Crippen LogP contribution in [0.1, 0.15) is 44.1 Å². The summed E-state index contributed by atoms with van der Waals surface area (Å²) in [5.74, 6) is -0.0566. The first kappa shape index (κ1) is 16.4. The van der Waals surface area contributed by atoms with Gasteiger partial charge in [-0.1, -0.05) is 13.8 Å². The van der Waals surface area contributed by atoms with Crippen molar-refractivity contribution in [3.63, 3.8) is 0 Å². The lowest BCUT2D eigenvalue weighted by molar-refractivity contribution is -0.126. The van der Waals surface area contributed by atoms with Gasteiger partial charge in [0.2, 0.25) is 0 Å². The number of nitrogens with one attached hydrogen (secondary N) is 2. The zero-order chi connectivity index (χ0) is 16.1. The molecule has 2 amide bonds. The van der Waals surface area contributed by atoms with Crippen LogP contribution in [0.25, 0.3) is 0 Å². The van der Waals surface area contributed by atoms with Crippen molar-refractivity contribution in [1.82, 2.24) is 20.3 Å². The third-order valence-electron chi connectivity index (χ3n) is 3.43. The lowest BCUT2D eigenvalue weighted by Crippen LogP contribution is -2.32. The molecule has 122 valence electrons. The van der Waals surface area contributed by atoms with Gasteiger partial charge in [0.05, 0.1) is 0 Å². The molecule has 1 unspecified atom stereocenters. The molecule has 8 nitrogen and oxygen atoms in total. The number of nitrogens with zero attached hydrogens (tertiary/aromatic N) is 3. The smallest absolute Gasteiger partial charge is 0.278 e. The maximum absolute atomic E-state index is 12.3. The molecule has 1 atom stereocenters. The number of hydrogen-bond acceptors (Lipinski definition) is 5. The highest BCUT2D eigenvalue weighted by atomic mass is 16.5. The van der Waals surface area contributed by atoms with E-state index in [0.29, 0.717) is 25.6 Å². The van der Waals surface area contributed by atoms with Crippen LogP contribution in [-0.4, -0.2) is 57.9 Å². The third-order valence-corrected chi connectivity index (χ3v) is 3.43. The molecule has 8 heteroatoms. The van der Waals surface area contributed by atoms with Gasteiger partial charge in [-0.05, 0) is 25.7 Å². The molecule has 0 radical (unpaired) electrons. The zero-order valence-corrected chi connectivity index (χ0v) is 13.3. The molecule has 0 aromatic carbocycles. The molecule has 0 spiro atoms. The van der Waals surface area contributed by atoms with Gasteiger partial charge in [-0.2, -0.15) is 5.21 Å². The minimum absolute atomic E-state index is 0.145. The van der Waals surface area contributed by atoms with E-state index in [0.717, 1.165) is 12.8 Å². The predicted molar refractivity (Wildman–Crippen MR) is 80.4 cm³/mol. The van der Waals surface area contributed by atoms with E-state index in [1.165, 1.54) is 0 Å². The summed E-state index contributed by atoms with van der Waals surface area (Å²) < 4.78 is 5.45. The molecule has 1 aromatic rings. The number of aromatic amines is 1. The molecular weight excluding hydrogens is 286 g/mol. The van der Waals surface area contributed by atoms with Gasteiger partial charge in [0, 0.05) is 19.7 Å². The van der Waals surface area contributed by atoms with Crippen molar-refractivity contribution in [2.45, 2.75) is 39.7 Å². The topological polar surface area (TPSA) is 100 Å². The summed E-state index contributed by atoms with van der Waals surface area (Å²) in [6, 6.07) is 0. The van der Waals surface area contributed by atoms with E-state index in [4.69, 9.17) is 4.74 Å². The number of carbonyl (C=O) groups is 2. The van der Waals surface area contributed by atoms with Crippen LogP contribution >= 0.6 is 0 Å². The first-order valence-electron chi connectivity index (χ1n) is 7.61. The van der Waals surface area contributed by atoms with Crippen molar-refractivity contribution in [3.05, 3.63) is 5.69 Å². The number of ether oxygens (including phenoxy) is 1. The number of likely N-dealkylation sites (tertiary alicyclic amines) is 1. The maximum Gasteiger partial charge on any atom is 0.278 e. The molecule has 2 heterocycles. The van der Waals surface area contributed by atoms with Crippen LogP contribution in [0, 0.1) is 5.92 Å². The van der Waals surface area contributed by atoms with Crippen LogP contribution in [-0.2, 0) is 9.53 Å². The first-order chi connectivity index (χ1) is 10.5. The van der Waals surface area contributed by atoms with Crippen molar-refractivity contribution in [2.24, 2.45) is 5.92 Å². The summed E-state index contributed by atoms with van der Waals surface area (Å²) in [6.45, 7) is 7.61. The summed E-state index contributed by atoms with van der Waals surface area (Å²) in [5, 5.41) is 12.7. The molecule has 2 rings (SSSR count). The van der Waals surface area contributed by atoms with Crippen molar-refractivity contribution < 1.29 is 14.3 Å². The number of anilines is 1. The Morgan fingerprint density at radius 3 is 2.59 bits per heavy atom. The van der Waals surface area contributed by atoms with E-state index in [1.54, 1.807) is 11.8 Å². The highest BCUT2D eigenvalue weighted by molar-refractivity contribution is 6.02. The molecule has 1 saturated heterocycles. The van der Waals surface area contributed by atoms with Crippen LogP contribution < -0.4 is 5.32 Å². The van der Waals surface area contributed by atoms with Gasteiger partial charge >= 0.3 is 0 Å². The molecule has 2 N–H and O–H groups in total. The largest absolute Gasteiger partial charge is 0.368 e. The Morgan fingerprint density at radius 2 is 1.95 bits per heavy atom. The van der Waals surface area contributed by atoms with E-state index in [2.05, 4.69) is 20.7 Å². The van der Waals surface area contributed by atoms with E-state index in [-0.39, 0.29) is 23.3 Å². The number of rotatable bonds is 6. The Hall–Kier alpha value is -1.96. The Labute approximate surface area is 129 Å². The molecule has 0 aliphatic carbocycles. The number of H-pyrrole nitrogens is 1. The normalized spacial score (nSPS) is 16.1. The summed E-state index contributed by atoms with van der Waals surface area (Å²) in [7, 11) is 0. The van der Waals surface area contributed by atoms with Gasteiger partial charge in [0.1, 0.15) is 6.10 Å². The third kappa shape index (κ3) is 4.03. The molecular formula is C14H23N5O3. The number of carbonyl (C=O) groups excluding carboxylic acids is 2. The van der Waals surface area contributed by atoms with Crippen molar-refractivity contribution in [3.8, 4) is 0 Å². The Kier molecular flexibility index (Phi) is 5.48. The van der Waals surface area contributed by atoms with Gasteiger partial charge in [0.15, 0.2) is 11.5 Å². The summed E-state index contributed by atoms with van der Waals surface area (Å²) in [4.78, 5) is 26.1. The quantitative estimate of drug-likeness (QED) is 0.818. The molecule has 1 fully saturated rings. The van der Waals surface area contributed by atoms with Gasteiger partial charge in [-0.15, -0.1) is 10.2 Å². The molecule has 1 aromatic heterocycles. The van der Waals surface area contributed by atoms with Gasteiger partial charge in [-0.25, -0.2) is 0 Å². The van der Waals surface area contributed by atoms with E-state index in [1.807, 2.05) is 13.8 Å². The second-order valence-electron chi connectivity index (χ2n) is 5.88. The van der Waals surface area contributed by atoms with Crippen LogP contribution in [0.3, 0.4) is 0 Å². The summed E-state index contributed by atoms with van der Waals surface area (Å²) >= 11 is 0. The van der Waals surface area contributed by atoms with Crippen molar-refractivity contribution >= 4 is 17.6 Å². The van der Waals surface area contributed by atoms with Crippen LogP contribution in [0.15, 0.2) is 0 Å². The lowest BCUT2D eigenvalue weighted by atomic mass is 10.2. The lowest BCUT2D eigenvalue weighted by Gasteiger charge is -2.16. The Morgan fingerprint density at radius 1 is 1.27 bits per heavy atom. The minimum atomic E-state index is -0.617. The Bertz CT molecular complexity index is 522. The van der Waals surface area contributed by atoms with Crippen LogP contribution in [0.4, 0.5) is 5.82 Å². The fourth-order valence-corrected chi connectivity index (χ4v) is 2.17. The fraction of sp³-hybridized carbons (Fsp3) is 0.714. The van der Waals surface area contributed by atoms with E-state index >= 15 is 0 Å². The van der Waals surface area contributed by atoms with Crippen molar-refractivity contribution in [1.29, 1.82) is 0 Å².